The van der Waals surface area contributed by atoms with Crippen LogP contribution in [0, 0.1) is 12.8 Å². The summed E-state index contributed by atoms with van der Waals surface area (Å²) in [6.07, 6.45) is 1.68. The minimum atomic E-state index is -0.00797. The fourth-order valence-corrected chi connectivity index (χ4v) is 2.88. The summed E-state index contributed by atoms with van der Waals surface area (Å²) in [5.74, 6) is 0.249. The number of nitrogens with two attached hydrogens (primary N) is 1. The van der Waals surface area contributed by atoms with Gasteiger partial charge in [0.15, 0.2) is 0 Å². The zero-order valence-electron chi connectivity index (χ0n) is 10.9. The van der Waals surface area contributed by atoms with Gasteiger partial charge in [-0.15, -0.1) is 0 Å². The lowest BCUT2D eigenvalue weighted by molar-refractivity contribution is 0.0710. The number of benzene rings is 1. The molecule has 3 nitrogen and oxygen atoms in total. The molecule has 1 amide bonds. The molecule has 0 radical (unpaired) electrons. The number of amides is 1. The maximum absolute atomic E-state index is 12.4. The molecule has 1 saturated heterocycles. The Morgan fingerprint density at radius 3 is 2.58 bits per heavy atom. The third-order valence-corrected chi connectivity index (χ3v) is 4.19. The molecule has 0 aromatic heterocycles. The highest BCUT2D eigenvalue weighted by molar-refractivity contribution is 7.80. The summed E-state index contributed by atoms with van der Waals surface area (Å²) in [6.45, 7) is 3.32. The van der Waals surface area contributed by atoms with Crippen LogP contribution in [0.25, 0.3) is 0 Å². The van der Waals surface area contributed by atoms with E-state index in [1.54, 1.807) is 6.07 Å². The lowest BCUT2D eigenvalue weighted by Crippen LogP contribution is -2.41. The summed E-state index contributed by atoms with van der Waals surface area (Å²) in [5.41, 5.74) is 7.27. The van der Waals surface area contributed by atoms with Crippen molar-refractivity contribution in [1.29, 1.82) is 0 Å². The van der Waals surface area contributed by atoms with Gasteiger partial charge in [-0.25, -0.2) is 0 Å². The van der Waals surface area contributed by atoms with E-state index in [1.165, 1.54) is 0 Å². The lowest BCUT2D eigenvalue weighted by atomic mass is 9.96. The molecule has 0 unspecified atom stereocenters. The van der Waals surface area contributed by atoms with Crippen molar-refractivity contribution in [2.24, 2.45) is 11.7 Å². The standard InChI is InChI=1S/C14H17ClN2OS/c1-9-2-3-11(12(15)8-9)14(18)17-6-4-10(5-7-17)13(16)19/h2-3,8,10H,4-7H2,1H3,(H2,16,19). The van der Waals surface area contributed by atoms with Crippen LogP contribution in [0.1, 0.15) is 28.8 Å². The fourth-order valence-electron chi connectivity index (χ4n) is 2.33. The normalized spacial score (nSPS) is 16.4. The molecule has 1 fully saturated rings. The van der Waals surface area contributed by atoms with Crippen molar-refractivity contribution in [3.63, 3.8) is 0 Å². The van der Waals surface area contributed by atoms with Crippen molar-refractivity contribution in [3.8, 4) is 0 Å². The van der Waals surface area contributed by atoms with E-state index in [0.717, 1.165) is 18.4 Å². The molecule has 1 aliphatic rings. The number of likely N-dealkylation sites (tertiary alicyclic amines) is 1. The first kappa shape index (κ1) is 14.3. The van der Waals surface area contributed by atoms with Crippen molar-refractivity contribution >= 4 is 34.7 Å². The van der Waals surface area contributed by atoms with Gasteiger partial charge in [0.05, 0.1) is 15.6 Å². The first-order chi connectivity index (χ1) is 8.99. The summed E-state index contributed by atoms with van der Waals surface area (Å²) in [6, 6.07) is 5.51. The number of hydrogen-bond donors (Lipinski definition) is 1. The molecule has 1 aromatic carbocycles. The first-order valence-corrected chi connectivity index (χ1v) is 7.12. The summed E-state index contributed by atoms with van der Waals surface area (Å²) >= 11 is 11.1. The van der Waals surface area contributed by atoms with Gasteiger partial charge in [0.1, 0.15) is 0 Å². The van der Waals surface area contributed by atoms with E-state index in [2.05, 4.69) is 0 Å². The second-order valence-electron chi connectivity index (χ2n) is 4.95. The highest BCUT2D eigenvalue weighted by Crippen LogP contribution is 2.23. The smallest absolute Gasteiger partial charge is 0.255 e. The van der Waals surface area contributed by atoms with Gasteiger partial charge >= 0.3 is 0 Å². The van der Waals surface area contributed by atoms with Crippen molar-refractivity contribution in [2.75, 3.05) is 13.1 Å². The number of carbonyl (C=O) groups excluding carboxylic acids is 1. The third kappa shape index (κ3) is 3.25. The predicted octanol–water partition coefficient (Wildman–Crippen LogP) is 2.79. The largest absolute Gasteiger partial charge is 0.393 e. The minimum Gasteiger partial charge on any atom is -0.393 e. The SMILES string of the molecule is Cc1ccc(C(=O)N2CCC(C(N)=S)CC2)c(Cl)c1. The van der Waals surface area contributed by atoms with Crippen LogP contribution in [-0.4, -0.2) is 28.9 Å². The molecule has 2 N–H and O–H groups in total. The average molecular weight is 297 g/mol. The van der Waals surface area contributed by atoms with Crippen LogP contribution >= 0.6 is 23.8 Å². The number of halogens is 1. The summed E-state index contributed by atoms with van der Waals surface area (Å²) in [7, 11) is 0. The lowest BCUT2D eigenvalue weighted by Gasteiger charge is -2.31. The van der Waals surface area contributed by atoms with Crippen LogP contribution in [-0.2, 0) is 0 Å². The van der Waals surface area contributed by atoms with Crippen LogP contribution in [0.15, 0.2) is 18.2 Å². The Morgan fingerprint density at radius 1 is 1.42 bits per heavy atom. The van der Waals surface area contributed by atoms with Crippen molar-refractivity contribution in [2.45, 2.75) is 19.8 Å². The Balaban J connectivity index is 2.07. The predicted molar refractivity (Wildman–Crippen MR) is 81.6 cm³/mol. The van der Waals surface area contributed by atoms with Crippen LogP contribution in [0.3, 0.4) is 0 Å². The van der Waals surface area contributed by atoms with Crippen molar-refractivity contribution in [1.82, 2.24) is 4.90 Å². The fraction of sp³-hybridized carbons (Fsp3) is 0.429. The van der Waals surface area contributed by atoms with E-state index >= 15 is 0 Å². The molecule has 1 aliphatic heterocycles. The van der Waals surface area contributed by atoms with Gasteiger partial charge in [-0.05, 0) is 37.5 Å². The topological polar surface area (TPSA) is 46.3 Å². The number of piperidine rings is 1. The molecular formula is C14H17ClN2OS. The summed E-state index contributed by atoms with van der Waals surface area (Å²) in [4.78, 5) is 14.8. The molecule has 0 aliphatic carbocycles. The van der Waals surface area contributed by atoms with E-state index in [9.17, 15) is 4.79 Å². The van der Waals surface area contributed by atoms with Crippen LogP contribution < -0.4 is 5.73 Å². The Kier molecular flexibility index (Phi) is 4.42. The quantitative estimate of drug-likeness (QED) is 0.854. The maximum Gasteiger partial charge on any atom is 0.255 e. The van der Waals surface area contributed by atoms with Crippen LogP contribution in [0.4, 0.5) is 0 Å². The average Bonchev–Trinajstić information content (AvgIpc) is 2.38. The Morgan fingerprint density at radius 2 is 2.05 bits per heavy atom. The Bertz CT molecular complexity index is 510. The van der Waals surface area contributed by atoms with E-state index in [4.69, 9.17) is 29.6 Å². The third-order valence-electron chi connectivity index (χ3n) is 3.54. The molecule has 102 valence electrons. The number of rotatable bonds is 2. The van der Waals surface area contributed by atoms with Gasteiger partial charge in [0.2, 0.25) is 0 Å². The molecule has 19 heavy (non-hydrogen) atoms. The molecule has 2 rings (SSSR count). The summed E-state index contributed by atoms with van der Waals surface area (Å²) in [5, 5.41) is 0.515. The molecule has 0 atom stereocenters. The number of carbonyl (C=O) groups is 1. The van der Waals surface area contributed by atoms with Crippen molar-refractivity contribution < 1.29 is 4.79 Å². The minimum absolute atomic E-state index is 0.00797. The highest BCUT2D eigenvalue weighted by atomic mass is 35.5. The summed E-state index contributed by atoms with van der Waals surface area (Å²) < 4.78 is 0. The molecule has 1 aromatic rings. The second-order valence-corrected chi connectivity index (χ2v) is 5.83. The Labute approximate surface area is 123 Å². The van der Waals surface area contributed by atoms with Gasteiger partial charge in [-0.1, -0.05) is 29.9 Å². The number of thiocarbonyl (C=S) groups is 1. The molecule has 0 saturated carbocycles. The van der Waals surface area contributed by atoms with E-state index in [0.29, 0.717) is 28.7 Å². The van der Waals surface area contributed by atoms with E-state index in [-0.39, 0.29) is 11.8 Å². The van der Waals surface area contributed by atoms with Crippen molar-refractivity contribution in [3.05, 3.63) is 34.3 Å². The molecular weight excluding hydrogens is 280 g/mol. The molecule has 0 spiro atoms. The number of aryl methyl sites for hydroxylation is 1. The van der Waals surface area contributed by atoms with Gasteiger partial charge in [0.25, 0.3) is 5.91 Å². The molecule has 1 heterocycles. The highest BCUT2D eigenvalue weighted by Gasteiger charge is 2.25. The molecule has 5 heteroatoms. The first-order valence-electron chi connectivity index (χ1n) is 6.34. The molecule has 0 bridgehead atoms. The van der Waals surface area contributed by atoms with Gasteiger partial charge in [0, 0.05) is 19.0 Å². The van der Waals surface area contributed by atoms with Gasteiger partial charge in [-0.3, -0.25) is 4.79 Å². The Hall–Kier alpha value is -1.13. The van der Waals surface area contributed by atoms with Crippen LogP contribution in [0.2, 0.25) is 5.02 Å². The van der Waals surface area contributed by atoms with Gasteiger partial charge < -0.3 is 10.6 Å². The zero-order valence-corrected chi connectivity index (χ0v) is 12.4. The zero-order chi connectivity index (χ0) is 14.0. The van der Waals surface area contributed by atoms with E-state index in [1.807, 2.05) is 24.0 Å². The second kappa shape index (κ2) is 5.88. The van der Waals surface area contributed by atoms with E-state index < -0.39 is 0 Å². The maximum atomic E-state index is 12.4. The number of hydrogen-bond acceptors (Lipinski definition) is 2. The monoisotopic (exact) mass is 296 g/mol. The number of nitrogens with zero attached hydrogens (tertiary/aromatic N) is 1. The van der Waals surface area contributed by atoms with Gasteiger partial charge in [-0.2, -0.15) is 0 Å². The van der Waals surface area contributed by atoms with Crippen LogP contribution in [0.5, 0.6) is 0 Å².